The summed E-state index contributed by atoms with van der Waals surface area (Å²) in [5, 5.41) is 13.8. The minimum atomic E-state index is -4.60. The average Bonchev–Trinajstić information content (AvgIpc) is 3.25. The van der Waals surface area contributed by atoms with Crippen molar-refractivity contribution in [2.45, 2.75) is 270 Å². The second-order valence-electron chi connectivity index (χ2n) is 19.9. The Bertz CT molecular complexity index is 1140. The number of unbranched alkanes of at least 4 members (excludes halogenated alkanes) is 33. The van der Waals surface area contributed by atoms with Crippen LogP contribution in [0, 0.1) is 0 Å². The molecular weight excluding hydrogens is 816 g/mol. The molecule has 2 N–H and O–H groups in total. The summed E-state index contributed by atoms with van der Waals surface area (Å²) >= 11 is 0. The molecule has 0 aliphatic carbocycles. The van der Waals surface area contributed by atoms with E-state index in [-0.39, 0.29) is 12.5 Å². The highest BCUT2D eigenvalue weighted by molar-refractivity contribution is 7.45. The lowest BCUT2D eigenvalue weighted by Crippen LogP contribution is -2.45. The number of nitrogens with zero attached hydrogens (tertiary/aromatic N) is 1. The number of amides is 1. The lowest BCUT2D eigenvalue weighted by Gasteiger charge is -2.29. The van der Waals surface area contributed by atoms with E-state index < -0.39 is 26.6 Å². The molecule has 0 radical (unpaired) electrons. The van der Waals surface area contributed by atoms with E-state index in [0.717, 1.165) is 38.5 Å². The summed E-state index contributed by atoms with van der Waals surface area (Å²) in [4.78, 5) is 25.4. The van der Waals surface area contributed by atoms with Crippen molar-refractivity contribution in [2.75, 3.05) is 40.9 Å². The molecule has 8 nitrogen and oxygen atoms in total. The summed E-state index contributed by atoms with van der Waals surface area (Å²) < 4.78 is 23.2. The maximum atomic E-state index is 12.9. The van der Waals surface area contributed by atoms with Crippen LogP contribution in [0.25, 0.3) is 0 Å². The Morgan fingerprint density at radius 2 is 0.875 bits per heavy atom. The molecule has 3 atom stereocenters. The Morgan fingerprint density at radius 1 is 0.531 bits per heavy atom. The zero-order chi connectivity index (χ0) is 47.1. The number of aliphatic hydroxyl groups is 1. The van der Waals surface area contributed by atoms with Gasteiger partial charge in [0.25, 0.3) is 7.82 Å². The molecule has 0 bridgehead atoms. The summed E-state index contributed by atoms with van der Waals surface area (Å²) in [5.41, 5.74) is 0. The molecule has 0 rings (SSSR count). The number of carbonyl (C=O) groups is 1. The van der Waals surface area contributed by atoms with Crippen molar-refractivity contribution >= 4 is 13.7 Å². The van der Waals surface area contributed by atoms with Crippen molar-refractivity contribution in [1.29, 1.82) is 0 Å². The van der Waals surface area contributed by atoms with E-state index in [1.54, 1.807) is 6.08 Å². The molecule has 0 aromatic heterocycles. The van der Waals surface area contributed by atoms with Crippen molar-refractivity contribution in [1.82, 2.24) is 5.32 Å². The first-order chi connectivity index (χ1) is 31.0. The largest absolute Gasteiger partial charge is 0.756 e. The van der Waals surface area contributed by atoms with E-state index in [9.17, 15) is 19.4 Å². The molecule has 0 heterocycles. The molecule has 378 valence electrons. The summed E-state index contributed by atoms with van der Waals surface area (Å²) in [7, 11) is 1.25. The fraction of sp³-hybridized carbons (Fsp3) is 0.873. The number of rotatable bonds is 50. The van der Waals surface area contributed by atoms with Gasteiger partial charge < -0.3 is 28.8 Å². The highest BCUT2D eigenvalue weighted by atomic mass is 31.2. The number of allylic oxidation sites excluding steroid dienone is 5. The normalized spacial score (nSPS) is 14.3. The number of quaternary nitrogens is 1. The number of aliphatic hydroxyl groups excluding tert-OH is 1. The van der Waals surface area contributed by atoms with Crippen molar-refractivity contribution in [3.8, 4) is 0 Å². The zero-order valence-corrected chi connectivity index (χ0v) is 43.9. The predicted molar refractivity (Wildman–Crippen MR) is 275 cm³/mol. The molecule has 0 saturated carbocycles. The lowest BCUT2D eigenvalue weighted by atomic mass is 10.0. The summed E-state index contributed by atoms with van der Waals surface area (Å²) in [6, 6.07) is -0.901. The standard InChI is InChI=1S/C55H107N2O6P/c1-6-8-10-12-14-16-18-20-21-22-23-24-25-26-27-28-29-30-31-32-33-34-35-36-37-39-41-43-45-47-49-55(59)56-53(52-63-64(60,61)62-51-50-57(3,4)5)54(58)48-46-44-42-40-38-19-17-15-13-11-9-7-2/h26-27,38,40,46,48,53-54,58H,6-25,28-37,39,41-45,47,49-52H2,1-5H3,(H-,56,59,60,61)/b27-26-,40-38+,48-46+. The topological polar surface area (TPSA) is 108 Å². The number of likely N-dealkylation sites (N-methyl/N-ethyl adjacent to an activating group) is 1. The third-order valence-corrected chi connectivity index (χ3v) is 13.3. The van der Waals surface area contributed by atoms with Crippen LogP contribution in [0.3, 0.4) is 0 Å². The summed E-state index contributed by atoms with van der Waals surface area (Å²) in [6.07, 6.45) is 59.5. The fourth-order valence-corrected chi connectivity index (χ4v) is 8.71. The van der Waals surface area contributed by atoms with Gasteiger partial charge in [0.15, 0.2) is 0 Å². The van der Waals surface area contributed by atoms with E-state index in [2.05, 4.69) is 43.5 Å². The molecule has 0 aromatic rings. The van der Waals surface area contributed by atoms with E-state index in [0.29, 0.717) is 17.4 Å². The van der Waals surface area contributed by atoms with Gasteiger partial charge in [-0.1, -0.05) is 230 Å². The first kappa shape index (κ1) is 62.7. The zero-order valence-electron chi connectivity index (χ0n) is 43.0. The lowest BCUT2D eigenvalue weighted by molar-refractivity contribution is -0.870. The van der Waals surface area contributed by atoms with Gasteiger partial charge in [-0.05, 0) is 57.8 Å². The number of phosphoric acid groups is 1. The van der Waals surface area contributed by atoms with Crippen molar-refractivity contribution in [3.63, 3.8) is 0 Å². The number of hydrogen-bond acceptors (Lipinski definition) is 6. The van der Waals surface area contributed by atoms with E-state index >= 15 is 0 Å². The molecule has 0 spiro atoms. The second-order valence-corrected chi connectivity index (χ2v) is 21.3. The third-order valence-electron chi connectivity index (χ3n) is 12.3. The molecule has 0 aliphatic heterocycles. The van der Waals surface area contributed by atoms with Gasteiger partial charge in [0.1, 0.15) is 13.2 Å². The van der Waals surface area contributed by atoms with Crippen LogP contribution in [0.5, 0.6) is 0 Å². The van der Waals surface area contributed by atoms with Crippen molar-refractivity contribution < 1.29 is 32.9 Å². The molecule has 64 heavy (non-hydrogen) atoms. The molecule has 0 aromatic carbocycles. The number of hydrogen-bond donors (Lipinski definition) is 2. The Labute approximate surface area is 397 Å². The van der Waals surface area contributed by atoms with E-state index in [1.165, 1.54) is 199 Å². The number of nitrogens with one attached hydrogen (secondary N) is 1. The van der Waals surface area contributed by atoms with Gasteiger partial charge in [-0.25, -0.2) is 0 Å². The minimum absolute atomic E-state index is 0.00569. The molecule has 0 aliphatic rings. The molecular formula is C55H107N2O6P. The Morgan fingerprint density at radius 3 is 1.27 bits per heavy atom. The number of carbonyl (C=O) groups excluding carboxylic acids is 1. The highest BCUT2D eigenvalue weighted by Gasteiger charge is 2.23. The van der Waals surface area contributed by atoms with Gasteiger partial charge in [0.05, 0.1) is 39.9 Å². The monoisotopic (exact) mass is 923 g/mol. The first-order valence-electron chi connectivity index (χ1n) is 27.4. The molecule has 0 saturated heterocycles. The Hall–Kier alpha value is -1.28. The molecule has 1 amide bonds. The van der Waals surface area contributed by atoms with Crippen LogP contribution in [0.1, 0.15) is 258 Å². The van der Waals surface area contributed by atoms with Crippen LogP contribution in [0.15, 0.2) is 36.5 Å². The maximum absolute atomic E-state index is 12.9. The van der Waals surface area contributed by atoms with Gasteiger partial charge >= 0.3 is 0 Å². The SMILES string of the molecule is CCCCCCCC/C=C/CC/C=C/C(O)C(COP(=O)([O-])OCC[N+](C)(C)C)NC(=O)CCCCCCCCCCCCCCCC/C=C\CCCCCCCCCCCCCC. The molecule has 9 heteroatoms. The highest BCUT2D eigenvalue weighted by Crippen LogP contribution is 2.38. The van der Waals surface area contributed by atoms with Gasteiger partial charge in [-0.15, -0.1) is 0 Å². The van der Waals surface area contributed by atoms with E-state index in [1.807, 2.05) is 27.2 Å². The number of phosphoric ester groups is 1. The molecule has 3 unspecified atom stereocenters. The summed E-state index contributed by atoms with van der Waals surface area (Å²) in [6.45, 7) is 4.63. The van der Waals surface area contributed by atoms with Gasteiger partial charge in [-0.2, -0.15) is 0 Å². The van der Waals surface area contributed by atoms with Gasteiger partial charge in [0, 0.05) is 6.42 Å². The smallest absolute Gasteiger partial charge is 0.268 e. The molecule has 0 fully saturated rings. The van der Waals surface area contributed by atoms with Crippen LogP contribution < -0.4 is 10.2 Å². The fourth-order valence-electron chi connectivity index (χ4n) is 7.99. The van der Waals surface area contributed by atoms with Gasteiger partial charge in [-0.3, -0.25) is 9.36 Å². The van der Waals surface area contributed by atoms with Crippen molar-refractivity contribution in [2.24, 2.45) is 0 Å². The van der Waals surface area contributed by atoms with Gasteiger partial charge in [0.2, 0.25) is 5.91 Å². The van der Waals surface area contributed by atoms with E-state index in [4.69, 9.17) is 9.05 Å². The van der Waals surface area contributed by atoms with Crippen molar-refractivity contribution in [3.05, 3.63) is 36.5 Å². The quantitative estimate of drug-likeness (QED) is 0.0272. The van der Waals surface area contributed by atoms with Crippen LogP contribution >= 0.6 is 7.82 Å². The van der Waals surface area contributed by atoms with Crippen LogP contribution in [-0.4, -0.2) is 68.5 Å². The predicted octanol–water partition coefficient (Wildman–Crippen LogP) is 15.6. The maximum Gasteiger partial charge on any atom is 0.268 e. The van der Waals surface area contributed by atoms with Crippen LogP contribution in [0.4, 0.5) is 0 Å². The third kappa shape index (κ3) is 48.6. The minimum Gasteiger partial charge on any atom is -0.756 e. The van der Waals surface area contributed by atoms with Crippen LogP contribution in [-0.2, 0) is 18.4 Å². The summed E-state index contributed by atoms with van der Waals surface area (Å²) in [5.74, 6) is -0.206. The first-order valence-corrected chi connectivity index (χ1v) is 28.8. The Kier molecular flexibility index (Phi) is 45.9. The second kappa shape index (κ2) is 46.8. The Balaban J connectivity index is 4.06. The average molecular weight is 923 g/mol. The van der Waals surface area contributed by atoms with Crippen LogP contribution in [0.2, 0.25) is 0 Å².